The Morgan fingerprint density at radius 3 is 2.42 bits per heavy atom. The number of piperidine rings is 1. The molecule has 0 bridgehead atoms. The first-order chi connectivity index (χ1) is 15.2. The molecule has 1 aliphatic rings. The maximum Gasteiger partial charge on any atom is 0.253 e. The fourth-order valence-corrected chi connectivity index (χ4v) is 4.03. The summed E-state index contributed by atoms with van der Waals surface area (Å²) in [6.07, 6.45) is 7.51. The summed E-state index contributed by atoms with van der Waals surface area (Å²) in [4.78, 5) is 19.0. The van der Waals surface area contributed by atoms with Crippen molar-refractivity contribution in [3.8, 4) is 22.9 Å². The van der Waals surface area contributed by atoms with Gasteiger partial charge in [0.25, 0.3) is 5.91 Å². The number of amides is 1. The summed E-state index contributed by atoms with van der Waals surface area (Å²) in [5.74, 6) is 0.984. The van der Waals surface area contributed by atoms with Gasteiger partial charge in [-0.1, -0.05) is 17.7 Å². The zero-order valence-corrected chi connectivity index (χ0v) is 17.3. The van der Waals surface area contributed by atoms with Gasteiger partial charge >= 0.3 is 0 Å². The van der Waals surface area contributed by atoms with Crippen LogP contribution in [0.2, 0.25) is 0 Å². The van der Waals surface area contributed by atoms with Crippen LogP contribution in [-0.4, -0.2) is 43.6 Å². The van der Waals surface area contributed by atoms with Gasteiger partial charge < -0.3 is 13.9 Å². The number of benzene rings is 2. The van der Waals surface area contributed by atoms with Crippen LogP contribution in [-0.2, 0) is 0 Å². The number of aromatic nitrogens is 4. The molecule has 0 radical (unpaired) electrons. The quantitative estimate of drug-likeness (QED) is 0.496. The van der Waals surface area contributed by atoms with Crippen LogP contribution in [0.15, 0.2) is 71.7 Å². The lowest BCUT2D eigenvalue weighted by Crippen LogP contribution is -2.38. The minimum absolute atomic E-state index is 0.0570. The van der Waals surface area contributed by atoms with Crippen molar-refractivity contribution in [2.75, 3.05) is 13.1 Å². The number of hydrogen-bond donors (Lipinski definition) is 0. The first kappa shape index (κ1) is 19.2. The molecule has 5 rings (SSSR count). The second-order valence-electron chi connectivity index (χ2n) is 7.89. The molecule has 7 nitrogen and oxygen atoms in total. The Hall–Kier alpha value is -3.74. The lowest BCUT2D eigenvalue weighted by Gasteiger charge is -2.32. The van der Waals surface area contributed by atoms with Crippen LogP contribution in [0.1, 0.15) is 34.8 Å². The second-order valence-corrected chi connectivity index (χ2v) is 7.89. The highest BCUT2D eigenvalue weighted by Gasteiger charge is 2.24. The second kappa shape index (κ2) is 8.18. The zero-order valence-electron chi connectivity index (χ0n) is 17.3. The monoisotopic (exact) mass is 413 g/mol. The summed E-state index contributed by atoms with van der Waals surface area (Å²) in [5, 5.41) is 8.33. The highest BCUT2D eigenvalue weighted by molar-refractivity contribution is 5.94. The molecule has 156 valence electrons. The molecule has 31 heavy (non-hydrogen) atoms. The number of imidazole rings is 1. The molecule has 0 aliphatic carbocycles. The van der Waals surface area contributed by atoms with Crippen molar-refractivity contribution in [1.82, 2.24) is 24.6 Å². The van der Waals surface area contributed by atoms with Gasteiger partial charge in [-0.2, -0.15) is 0 Å². The Labute approximate surface area is 180 Å². The number of aryl methyl sites for hydroxylation is 1. The first-order valence-electron chi connectivity index (χ1n) is 10.4. The molecule has 0 saturated carbocycles. The number of likely N-dealkylation sites (tertiary alicyclic amines) is 1. The van der Waals surface area contributed by atoms with E-state index in [1.54, 1.807) is 6.20 Å². The van der Waals surface area contributed by atoms with Gasteiger partial charge in [-0.25, -0.2) is 4.98 Å². The maximum atomic E-state index is 12.9. The van der Waals surface area contributed by atoms with Gasteiger partial charge in [0.15, 0.2) is 0 Å². The molecule has 7 heteroatoms. The van der Waals surface area contributed by atoms with Crippen molar-refractivity contribution in [1.29, 1.82) is 0 Å². The van der Waals surface area contributed by atoms with Gasteiger partial charge in [-0.3, -0.25) is 4.79 Å². The minimum Gasteiger partial charge on any atom is -0.416 e. The van der Waals surface area contributed by atoms with E-state index in [1.807, 2.05) is 72.9 Å². The van der Waals surface area contributed by atoms with Gasteiger partial charge in [0.05, 0.1) is 6.33 Å². The van der Waals surface area contributed by atoms with Crippen molar-refractivity contribution in [3.05, 3.63) is 78.4 Å². The molecule has 1 amide bonds. The van der Waals surface area contributed by atoms with E-state index in [2.05, 4.69) is 19.7 Å². The number of carbonyl (C=O) groups is 1. The average Bonchev–Trinajstić information content (AvgIpc) is 3.52. The molecule has 1 fully saturated rings. The highest BCUT2D eigenvalue weighted by atomic mass is 16.4. The van der Waals surface area contributed by atoms with Crippen LogP contribution in [0.4, 0.5) is 0 Å². The van der Waals surface area contributed by atoms with Gasteiger partial charge in [0.2, 0.25) is 11.8 Å². The van der Waals surface area contributed by atoms with Crippen LogP contribution in [0.3, 0.4) is 0 Å². The zero-order chi connectivity index (χ0) is 21.2. The lowest BCUT2D eigenvalue weighted by molar-refractivity contribution is 0.0694. The smallest absolute Gasteiger partial charge is 0.253 e. The normalized spacial score (nSPS) is 14.7. The average molecular weight is 413 g/mol. The van der Waals surface area contributed by atoms with Crippen LogP contribution < -0.4 is 0 Å². The van der Waals surface area contributed by atoms with Crippen LogP contribution in [0.5, 0.6) is 0 Å². The summed E-state index contributed by atoms with van der Waals surface area (Å²) in [7, 11) is 0. The fourth-order valence-electron chi connectivity index (χ4n) is 4.03. The molecule has 0 atom stereocenters. The van der Waals surface area contributed by atoms with E-state index < -0.39 is 0 Å². The lowest BCUT2D eigenvalue weighted by atomic mass is 10.0. The van der Waals surface area contributed by atoms with Crippen molar-refractivity contribution in [2.45, 2.75) is 25.8 Å². The first-order valence-corrected chi connectivity index (χ1v) is 10.4. The molecule has 4 aromatic rings. The molecular weight excluding hydrogens is 390 g/mol. The van der Waals surface area contributed by atoms with E-state index in [9.17, 15) is 4.79 Å². The predicted molar refractivity (Wildman–Crippen MR) is 116 cm³/mol. The predicted octanol–water partition coefficient (Wildman–Crippen LogP) is 4.39. The molecule has 0 spiro atoms. The Bertz CT molecular complexity index is 1170. The molecule has 2 aromatic heterocycles. The van der Waals surface area contributed by atoms with E-state index in [-0.39, 0.29) is 5.91 Å². The van der Waals surface area contributed by atoms with Crippen molar-refractivity contribution < 1.29 is 9.21 Å². The topological polar surface area (TPSA) is 77.1 Å². The molecule has 0 unspecified atom stereocenters. The summed E-state index contributed by atoms with van der Waals surface area (Å²) in [6, 6.07) is 15.7. The number of hydrogen-bond acceptors (Lipinski definition) is 5. The third-order valence-electron chi connectivity index (χ3n) is 5.77. The van der Waals surface area contributed by atoms with E-state index in [4.69, 9.17) is 4.42 Å². The Balaban J connectivity index is 1.26. The third-order valence-corrected chi connectivity index (χ3v) is 5.77. The fraction of sp³-hybridized carbons (Fsp3) is 0.250. The Morgan fingerprint density at radius 2 is 1.74 bits per heavy atom. The van der Waals surface area contributed by atoms with Gasteiger partial charge in [-0.05, 0) is 56.2 Å². The standard InChI is InChI=1S/C24H23N5O2/c1-17-3-2-4-20(15-17)23-27-26-22(31-23)18-5-7-19(8-6-18)24(30)28-12-9-21(10-13-28)29-14-11-25-16-29/h2-8,11,14-16,21H,9-10,12-13H2,1H3. The molecule has 1 aliphatic heterocycles. The SMILES string of the molecule is Cc1cccc(-c2nnc(-c3ccc(C(=O)N4CCC(n5ccnc5)CC4)cc3)o2)c1. The minimum atomic E-state index is 0.0570. The van der Waals surface area contributed by atoms with Crippen LogP contribution in [0.25, 0.3) is 22.9 Å². The van der Waals surface area contributed by atoms with Gasteiger partial charge in [0, 0.05) is 48.2 Å². The maximum absolute atomic E-state index is 12.9. The Morgan fingerprint density at radius 1 is 1.00 bits per heavy atom. The summed E-state index contributed by atoms with van der Waals surface area (Å²) in [6.45, 7) is 3.51. The van der Waals surface area contributed by atoms with E-state index in [1.165, 1.54) is 0 Å². The van der Waals surface area contributed by atoms with E-state index >= 15 is 0 Å². The molecule has 1 saturated heterocycles. The summed E-state index contributed by atoms with van der Waals surface area (Å²) >= 11 is 0. The Kier molecular flexibility index (Phi) is 5.08. The number of nitrogens with zero attached hydrogens (tertiary/aromatic N) is 5. The number of rotatable bonds is 4. The van der Waals surface area contributed by atoms with E-state index in [0.29, 0.717) is 23.4 Å². The van der Waals surface area contributed by atoms with Crippen molar-refractivity contribution in [3.63, 3.8) is 0 Å². The summed E-state index contributed by atoms with van der Waals surface area (Å²) < 4.78 is 7.98. The molecule has 3 heterocycles. The molecule has 0 N–H and O–H groups in total. The van der Waals surface area contributed by atoms with Gasteiger partial charge in [-0.15, -0.1) is 10.2 Å². The summed E-state index contributed by atoms with van der Waals surface area (Å²) in [5.41, 5.74) is 3.49. The van der Waals surface area contributed by atoms with Crippen LogP contribution >= 0.6 is 0 Å². The third kappa shape index (κ3) is 3.99. The number of carbonyl (C=O) groups excluding carboxylic acids is 1. The van der Waals surface area contributed by atoms with Gasteiger partial charge in [0.1, 0.15) is 0 Å². The van der Waals surface area contributed by atoms with Crippen molar-refractivity contribution in [2.24, 2.45) is 0 Å². The van der Waals surface area contributed by atoms with E-state index in [0.717, 1.165) is 42.6 Å². The van der Waals surface area contributed by atoms with Crippen LogP contribution in [0, 0.1) is 6.92 Å². The largest absolute Gasteiger partial charge is 0.416 e. The molecule has 2 aromatic carbocycles. The van der Waals surface area contributed by atoms with Crippen molar-refractivity contribution >= 4 is 5.91 Å². The molecular formula is C24H23N5O2. The highest BCUT2D eigenvalue weighted by Crippen LogP contribution is 2.26.